The highest BCUT2D eigenvalue weighted by Crippen LogP contribution is 2.09. The fraction of sp³-hybridized carbons (Fsp3) is 0.500. The van der Waals surface area contributed by atoms with Gasteiger partial charge in [0.15, 0.2) is 0 Å². The molecule has 0 bridgehead atoms. The van der Waals surface area contributed by atoms with Crippen molar-refractivity contribution >= 4 is 15.9 Å². The van der Waals surface area contributed by atoms with E-state index in [4.69, 9.17) is 9.26 Å². The van der Waals surface area contributed by atoms with Gasteiger partial charge < -0.3 is 9.26 Å². The van der Waals surface area contributed by atoms with Crippen LogP contribution in [0.25, 0.3) is 0 Å². The van der Waals surface area contributed by atoms with Gasteiger partial charge in [-0.25, -0.2) is 0 Å². The third-order valence-corrected chi connectivity index (χ3v) is 1.26. The topological polar surface area (TPSA) is 35.3 Å². The number of nitrogens with zero attached hydrogens (tertiary/aromatic N) is 1. The molecule has 0 atom stereocenters. The molecule has 0 unspecified atom stereocenters. The molecule has 0 aliphatic carbocycles. The van der Waals surface area contributed by atoms with Gasteiger partial charge in [0, 0.05) is 11.4 Å². The average Bonchev–Trinajstić information content (AvgIpc) is 2.31. The van der Waals surface area contributed by atoms with Crippen LogP contribution in [0.1, 0.15) is 5.76 Å². The zero-order valence-electron chi connectivity index (χ0n) is 5.63. The van der Waals surface area contributed by atoms with Crippen molar-refractivity contribution in [3.8, 4) is 5.88 Å². The standard InChI is InChI=1S/C6H8BrNO2/c1-5-4-6(8-10-5)9-3-2-7/h4H,2-3H2,1H3. The third kappa shape index (κ3) is 2.02. The van der Waals surface area contributed by atoms with Crippen molar-refractivity contribution in [3.05, 3.63) is 11.8 Å². The van der Waals surface area contributed by atoms with Crippen LogP contribution in [0.5, 0.6) is 5.88 Å². The Morgan fingerprint density at radius 3 is 3.10 bits per heavy atom. The van der Waals surface area contributed by atoms with Gasteiger partial charge in [-0.3, -0.25) is 0 Å². The molecule has 1 aromatic rings. The summed E-state index contributed by atoms with van der Waals surface area (Å²) in [6, 6.07) is 1.75. The smallest absolute Gasteiger partial charge is 0.254 e. The molecule has 0 fully saturated rings. The first kappa shape index (κ1) is 7.60. The molecule has 1 rings (SSSR count). The Morgan fingerprint density at radius 2 is 2.60 bits per heavy atom. The predicted molar refractivity (Wildman–Crippen MR) is 40.5 cm³/mol. The first-order valence-electron chi connectivity index (χ1n) is 2.95. The number of ether oxygens (including phenoxy) is 1. The van der Waals surface area contributed by atoms with Crippen molar-refractivity contribution in [2.45, 2.75) is 6.92 Å². The van der Waals surface area contributed by atoms with Crippen molar-refractivity contribution in [2.24, 2.45) is 0 Å². The molecule has 0 amide bonds. The molecule has 0 N–H and O–H groups in total. The highest BCUT2D eigenvalue weighted by atomic mass is 79.9. The Kier molecular flexibility index (Phi) is 2.74. The van der Waals surface area contributed by atoms with Gasteiger partial charge in [0.05, 0.1) is 6.61 Å². The van der Waals surface area contributed by atoms with Crippen molar-refractivity contribution in [2.75, 3.05) is 11.9 Å². The summed E-state index contributed by atoms with van der Waals surface area (Å²) in [7, 11) is 0. The molecule has 0 saturated heterocycles. The molecule has 0 aliphatic rings. The molecule has 1 aromatic heterocycles. The molecule has 10 heavy (non-hydrogen) atoms. The van der Waals surface area contributed by atoms with E-state index in [1.807, 2.05) is 6.92 Å². The minimum absolute atomic E-state index is 0.553. The number of aryl methyl sites for hydroxylation is 1. The predicted octanol–water partition coefficient (Wildman–Crippen LogP) is 1.76. The van der Waals surface area contributed by atoms with E-state index >= 15 is 0 Å². The van der Waals surface area contributed by atoms with Crippen LogP contribution in [0.4, 0.5) is 0 Å². The monoisotopic (exact) mass is 205 g/mol. The van der Waals surface area contributed by atoms with Gasteiger partial charge >= 0.3 is 0 Å². The van der Waals surface area contributed by atoms with Gasteiger partial charge in [-0.05, 0) is 12.1 Å². The van der Waals surface area contributed by atoms with Crippen LogP contribution in [-0.2, 0) is 0 Å². The molecule has 0 spiro atoms. The molecule has 56 valence electrons. The van der Waals surface area contributed by atoms with E-state index in [0.29, 0.717) is 12.5 Å². The Morgan fingerprint density at radius 1 is 1.80 bits per heavy atom. The molecule has 0 aromatic carbocycles. The Bertz CT molecular complexity index is 199. The van der Waals surface area contributed by atoms with E-state index in [9.17, 15) is 0 Å². The van der Waals surface area contributed by atoms with E-state index in [1.54, 1.807) is 6.07 Å². The van der Waals surface area contributed by atoms with E-state index in [1.165, 1.54) is 0 Å². The van der Waals surface area contributed by atoms with Crippen molar-refractivity contribution < 1.29 is 9.26 Å². The van der Waals surface area contributed by atoms with Crippen LogP contribution in [0.2, 0.25) is 0 Å². The first-order valence-corrected chi connectivity index (χ1v) is 4.07. The van der Waals surface area contributed by atoms with Gasteiger partial charge in [-0.1, -0.05) is 15.9 Å². The number of rotatable bonds is 3. The first-order chi connectivity index (χ1) is 4.83. The quantitative estimate of drug-likeness (QED) is 0.706. The molecule has 4 heteroatoms. The summed E-state index contributed by atoms with van der Waals surface area (Å²) < 4.78 is 9.90. The second-order valence-electron chi connectivity index (χ2n) is 1.81. The minimum Gasteiger partial charge on any atom is -0.475 e. The van der Waals surface area contributed by atoms with Gasteiger partial charge in [0.1, 0.15) is 5.76 Å². The maximum Gasteiger partial charge on any atom is 0.254 e. The van der Waals surface area contributed by atoms with E-state index in [-0.39, 0.29) is 0 Å². The summed E-state index contributed by atoms with van der Waals surface area (Å²) in [5.41, 5.74) is 0. The van der Waals surface area contributed by atoms with Gasteiger partial charge in [-0.15, -0.1) is 0 Å². The second kappa shape index (κ2) is 3.61. The molecule has 0 saturated carbocycles. The van der Waals surface area contributed by atoms with Crippen molar-refractivity contribution in [1.82, 2.24) is 5.16 Å². The van der Waals surface area contributed by atoms with Crippen molar-refractivity contribution in [3.63, 3.8) is 0 Å². The highest BCUT2D eigenvalue weighted by Gasteiger charge is 1.98. The molecular weight excluding hydrogens is 198 g/mol. The Labute approximate surface area is 67.5 Å². The molecule has 0 radical (unpaired) electrons. The molecule has 3 nitrogen and oxygen atoms in total. The lowest BCUT2D eigenvalue weighted by Crippen LogP contribution is -1.97. The second-order valence-corrected chi connectivity index (χ2v) is 2.61. The molecular formula is C6H8BrNO2. The maximum absolute atomic E-state index is 5.12. The SMILES string of the molecule is Cc1cc(OCCBr)no1. The lowest BCUT2D eigenvalue weighted by Gasteiger charge is -1.94. The van der Waals surface area contributed by atoms with Gasteiger partial charge in [0.25, 0.3) is 5.88 Å². The van der Waals surface area contributed by atoms with E-state index < -0.39 is 0 Å². The number of hydrogen-bond acceptors (Lipinski definition) is 3. The summed E-state index contributed by atoms with van der Waals surface area (Å²) in [6.07, 6.45) is 0. The zero-order chi connectivity index (χ0) is 7.40. The maximum atomic E-state index is 5.12. The highest BCUT2D eigenvalue weighted by molar-refractivity contribution is 9.09. The summed E-state index contributed by atoms with van der Waals surface area (Å²) in [5, 5.41) is 4.44. The third-order valence-electron chi connectivity index (χ3n) is 0.933. The fourth-order valence-electron chi connectivity index (χ4n) is 0.555. The van der Waals surface area contributed by atoms with Crippen LogP contribution in [0.3, 0.4) is 0 Å². The van der Waals surface area contributed by atoms with Gasteiger partial charge in [0.2, 0.25) is 0 Å². The number of hydrogen-bond donors (Lipinski definition) is 0. The van der Waals surface area contributed by atoms with Gasteiger partial charge in [-0.2, -0.15) is 0 Å². The average molecular weight is 206 g/mol. The normalized spacial score (nSPS) is 9.80. The lowest BCUT2D eigenvalue weighted by molar-refractivity contribution is 0.294. The summed E-state index contributed by atoms with van der Waals surface area (Å²) in [4.78, 5) is 0. The number of alkyl halides is 1. The Balaban J connectivity index is 2.42. The van der Waals surface area contributed by atoms with Crippen LogP contribution in [0.15, 0.2) is 10.6 Å². The van der Waals surface area contributed by atoms with Crippen LogP contribution < -0.4 is 4.74 Å². The summed E-state index contributed by atoms with van der Waals surface area (Å²) in [6.45, 7) is 2.44. The van der Waals surface area contributed by atoms with Crippen molar-refractivity contribution in [1.29, 1.82) is 0 Å². The lowest BCUT2D eigenvalue weighted by atomic mass is 10.5. The number of halogens is 1. The Hall–Kier alpha value is -0.510. The zero-order valence-corrected chi connectivity index (χ0v) is 7.22. The van der Waals surface area contributed by atoms with Crippen LogP contribution in [0, 0.1) is 6.92 Å². The summed E-state index contributed by atoms with van der Waals surface area (Å²) in [5.74, 6) is 1.32. The largest absolute Gasteiger partial charge is 0.475 e. The van der Waals surface area contributed by atoms with E-state index in [2.05, 4.69) is 21.1 Å². The minimum atomic E-state index is 0.553. The number of aromatic nitrogens is 1. The molecule has 1 heterocycles. The van der Waals surface area contributed by atoms with Crippen LogP contribution >= 0.6 is 15.9 Å². The van der Waals surface area contributed by atoms with E-state index in [0.717, 1.165) is 11.1 Å². The fourth-order valence-corrected chi connectivity index (χ4v) is 0.717. The molecule has 0 aliphatic heterocycles. The summed E-state index contributed by atoms with van der Waals surface area (Å²) >= 11 is 3.23. The van der Waals surface area contributed by atoms with Crippen LogP contribution in [-0.4, -0.2) is 17.1 Å².